The Balaban J connectivity index is 1.99. The summed E-state index contributed by atoms with van der Waals surface area (Å²) in [6, 6.07) is 8.94. The van der Waals surface area contributed by atoms with Crippen molar-refractivity contribution in [1.82, 2.24) is 0 Å². The van der Waals surface area contributed by atoms with Gasteiger partial charge in [0.05, 0.1) is 23.7 Å². The normalized spacial score (nSPS) is 10.2. The number of nitro benzene ring substituents is 1. The molecule has 0 aliphatic carbocycles. The van der Waals surface area contributed by atoms with Crippen molar-refractivity contribution in [2.24, 2.45) is 0 Å². The predicted octanol–water partition coefficient (Wildman–Crippen LogP) is 3.89. The SMILES string of the molecule is CCCOc1ccc(C(=O)OCC(=O)Nc2ccc(C)c([N+](=O)[O-])c2)cc1OCC. The van der Waals surface area contributed by atoms with E-state index < -0.39 is 23.4 Å². The molecule has 30 heavy (non-hydrogen) atoms. The summed E-state index contributed by atoms with van der Waals surface area (Å²) in [5, 5.41) is 13.5. The fourth-order valence-corrected chi connectivity index (χ4v) is 2.53. The highest BCUT2D eigenvalue weighted by Gasteiger charge is 2.16. The third-order valence-electron chi connectivity index (χ3n) is 3.96. The van der Waals surface area contributed by atoms with E-state index in [2.05, 4.69) is 5.32 Å². The molecule has 0 atom stereocenters. The number of anilines is 1. The van der Waals surface area contributed by atoms with Gasteiger partial charge in [0.2, 0.25) is 0 Å². The van der Waals surface area contributed by atoms with Crippen molar-refractivity contribution < 1.29 is 28.7 Å². The minimum absolute atomic E-state index is 0.112. The molecule has 0 aromatic heterocycles. The largest absolute Gasteiger partial charge is 0.490 e. The van der Waals surface area contributed by atoms with Crippen molar-refractivity contribution in [3.05, 3.63) is 57.6 Å². The minimum Gasteiger partial charge on any atom is -0.490 e. The average molecular weight is 416 g/mol. The van der Waals surface area contributed by atoms with Crippen LogP contribution in [0.15, 0.2) is 36.4 Å². The molecule has 9 nitrogen and oxygen atoms in total. The first-order valence-corrected chi connectivity index (χ1v) is 9.47. The van der Waals surface area contributed by atoms with Crippen LogP contribution >= 0.6 is 0 Å². The van der Waals surface area contributed by atoms with Gasteiger partial charge in [-0.25, -0.2) is 4.79 Å². The highest BCUT2D eigenvalue weighted by molar-refractivity contribution is 5.96. The Morgan fingerprint density at radius 3 is 2.50 bits per heavy atom. The van der Waals surface area contributed by atoms with Crippen LogP contribution in [0.25, 0.3) is 0 Å². The van der Waals surface area contributed by atoms with Crippen molar-refractivity contribution in [2.45, 2.75) is 27.2 Å². The Morgan fingerprint density at radius 1 is 1.07 bits per heavy atom. The predicted molar refractivity (Wildman–Crippen MR) is 110 cm³/mol. The third-order valence-corrected chi connectivity index (χ3v) is 3.96. The average Bonchev–Trinajstić information content (AvgIpc) is 2.72. The Bertz CT molecular complexity index is 928. The smallest absolute Gasteiger partial charge is 0.338 e. The fraction of sp³-hybridized carbons (Fsp3) is 0.333. The molecule has 0 radical (unpaired) electrons. The second-order valence-electron chi connectivity index (χ2n) is 6.33. The van der Waals surface area contributed by atoms with Gasteiger partial charge in [0.1, 0.15) is 0 Å². The van der Waals surface area contributed by atoms with E-state index >= 15 is 0 Å². The Labute approximate surface area is 174 Å². The summed E-state index contributed by atoms with van der Waals surface area (Å²) >= 11 is 0. The number of amides is 1. The minimum atomic E-state index is -0.706. The van der Waals surface area contributed by atoms with Gasteiger partial charge in [0.15, 0.2) is 18.1 Å². The number of carbonyl (C=O) groups excluding carboxylic acids is 2. The maximum absolute atomic E-state index is 12.3. The zero-order valence-electron chi connectivity index (χ0n) is 17.1. The van der Waals surface area contributed by atoms with Gasteiger partial charge in [-0.2, -0.15) is 0 Å². The molecule has 0 fully saturated rings. The molecular weight excluding hydrogens is 392 g/mol. The lowest BCUT2D eigenvalue weighted by Gasteiger charge is -2.13. The van der Waals surface area contributed by atoms with E-state index in [-0.39, 0.29) is 16.9 Å². The van der Waals surface area contributed by atoms with E-state index in [1.807, 2.05) is 13.8 Å². The first-order chi connectivity index (χ1) is 14.3. The lowest BCUT2D eigenvalue weighted by atomic mass is 10.2. The van der Waals surface area contributed by atoms with Crippen LogP contribution in [0.1, 0.15) is 36.2 Å². The molecule has 2 rings (SSSR count). The summed E-state index contributed by atoms with van der Waals surface area (Å²) in [6.07, 6.45) is 0.828. The topological polar surface area (TPSA) is 117 Å². The van der Waals surface area contributed by atoms with Gasteiger partial charge < -0.3 is 19.5 Å². The van der Waals surface area contributed by atoms with Crippen LogP contribution in [0, 0.1) is 17.0 Å². The van der Waals surface area contributed by atoms with Crippen LogP contribution in [0.5, 0.6) is 11.5 Å². The first kappa shape index (κ1) is 22.7. The van der Waals surface area contributed by atoms with Crippen LogP contribution < -0.4 is 14.8 Å². The number of hydrogen-bond acceptors (Lipinski definition) is 7. The van der Waals surface area contributed by atoms with Gasteiger partial charge in [-0.3, -0.25) is 14.9 Å². The molecule has 1 amide bonds. The Kier molecular flexibility index (Phi) is 8.16. The molecule has 160 valence electrons. The summed E-state index contributed by atoms with van der Waals surface area (Å²) in [6.45, 7) is 5.76. The van der Waals surface area contributed by atoms with Gasteiger partial charge in [-0.15, -0.1) is 0 Å². The number of nitrogens with one attached hydrogen (secondary N) is 1. The number of carbonyl (C=O) groups is 2. The maximum atomic E-state index is 12.3. The molecule has 9 heteroatoms. The monoisotopic (exact) mass is 416 g/mol. The molecule has 0 unspecified atom stereocenters. The van der Waals surface area contributed by atoms with Crippen LogP contribution in [0.4, 0.5) is 11.4 Å². The highest BCUT2D eigenvalue weighted by Crippen LogP contribution is 2.29. The fourth-order valence-electron chi connectivity index (χ4n) is 2.53. The Hall–Kier alpha value is -3.62. The summed E-state index contributed by atoms with van der Waals surface area (Å²) < 4.78 is 16.1. The standard InChI is InChI=1S/C21H24N2O7/c1-4-10-29-18-9-7-15(11-19(18)28-5-2)21(25)30-13-20(24)22-16-8-6-14(3)17(12-16)23(26)27/h6-9,11-12H,4-5,10,13H2,1-3H3,(H,22,24). The number of ether oxygens (including phenoxy) is 3. The Morgan fingerprint density at radius 2 is 1.83 bits per heavy atom. The van der Waals surface area contributed by atoms with Crippen molar-refractivity contribution >= 4 is 23.3 Å². The number of nitro groups is 1. The molecule has 1 N–H and O–H groups in total. The molecule has 0 spiro atoms. The van der Waals surface area contributed by atoms with E-state index in [0.717, 1.165) is 6.42 Å². The van der Waals surface area contributed by atoms with E-state index in [1.54, 1.807) is 13.0 Å². The van der Waals surface area contributed by atoms with Crippen molar-refractivity contribution in [3.8, 4) is 11.5 Å². The maximum Gasteiger partial charge on any atom is 0.338 e. The molecule has 0 heterocycles. The summed E-state index contributed by atoms with van der Waals surface area (Å²) in [4.78, 5) is 34.8. The third kappa shape index (κ3) is 6.20. The van der Waals surface area contributed by atoms with Crippen LogP contribution in [-0.4, -0.2) is 36.6 Å². The molecule has 2 aromatic carbocycles. The number of aryl methyl sites for hydroxylation is 1. The number of nitrogens with zero attached hydrogens (tertiary/aromatic N) is 1. The van der Waals surface area contributed by atoms with E-state index in [9.17, 15) is 19.7 Å². The molecule has 2 aromatic rings. The second kappa shape index (κ2) is 10.8. The van der Waals surface area contributed by atoms with Crippen molar-refractivity contribution in [2.75, 3.05) is 25.1 Å². The summed E-state index contributed by atoms with van der Waals surface area (Å²) in [7, 11) is 0. The van der Waals surface area contributed by atoms with Gasteiger partial charge in [-0.05, 0) is 44.5 Å². The quantitative estimate of drug-likeness (QED) is 0.355. The van der Waals surface area contributed by atoms with Crippen LogP contribution in [0.3, 0.4) is 0 Å². The van der Waals surface area contributed by atoms with Crippen molar-refractivity contribution in [1.29, 1.82) is 0 Å². The van der Waals surface area contributed by atoms with Gasteiger partial charge >= 0.3 is 5.97 Å². The lowest BCUT2D eigenvalue weighted by Crippen LogP contribution is -2.21. The number of hydrogen-bond donors (Lipinski definition) is 1. The van der Waals surface area contributed by atoms with Gasteiger partial charge in [0.25, 0.3) is 11.6 Å². The number of esters is 1. The van der Waals surface area contributed by atoms with E-state index in [1.165, 1.54) is 30.3 Å². The van der Waals surface area contributed by atoms with Gasteiger partial charge in [-0.1, -0.05) is 13.0 Å². The molecule has 0 saturated heterocycles. The molecule has 0 bridgehead atoms. The lowest BCUT2D eigenvalue weighted by molar-refractivity contribution is -0.385. The van der Waals surface area contributed by atoms with Crippen LogP contribution in [-0.2, 0) is 9.53 Å². The van der Waals surface area contributed by atoms with E-state index in [0.29, 0.717) is 30.3 Å². The molecule has 0 saturated carbocycles. The van der Waals surface area contributed by atoms with Crippen LogP contribution in [0.2, 0.25) is 0 Å². The van der Waals surface area contributed by atoms with E-state index in [4.69, 9.17) is 14.2 Å². The molecule has 0 aliphatic heterocycles. The molecular formula is C21H24N2O7. The second-order valence-corrected chi connectivity index (χ2v) is 6.33. The molecule has 0 aliphatic rings. The van der Waals surface area contributed by atoms with Gasteiger partial charge in [0, 0.05) is 17.3 Å². The number of benzene rings is 2. The summed E-state index contributed by atoms with van der Waals surface area (Å²) in [5.74, 6) is -0.386. The zero-order valence-corrected chi connectivity index (χ0v) is 17.1. The first-order valence-electron chi connectivity index (χ1n) is 9.47. The highest BCUT2D eigenvalue weighted by atomic mass is 16.6. The number of rotatable bonds is 10. The zero-order chi connectivity index (χ0) is 22.1. The van der Waals surface area contributed by atoms with Crippen molar-refractivity contribution in [3.63, 3.8) is 0 Å². The summed E-state index contributed by atoms with van der Waals surface area (Å²) in [5.41, 5.74) is 0.810.